The third-order valence-electron chi connectivity index (χ3n) is 2.47. The second-order valence-corrected chi connectivity index (χ2v) is 7.98. The van der Waals surface area contributed by atoms with Gasteiger partial charge in [0.05, 0.1) is 21.0 Å². The fourth-order valence-electron chi connectivity index (χ4n) is 1.52. The molecule has 0 saturated carbocycles. The van der Waals surface area contributed by atoms with Crippen molar-refractivity contribution in [1.29, 1.82) is 0 Å². The maximum absolute atomic E-state index is 12.1. The highest BCUT2D eigenvalue weighted by atomic mass is 79.9. The van der Waals surface area contributed by atoms with E-state index in [0.717, 1.165) is 0 Å². The zero-order valence-electron chi connectivity index (χ0n) is 11.3. The Hall–Kier alpha value is -0.340. The molecule has 0 fully saturated rings. The number of rotatable bonds is 6. The van der Waals surface area contributed by atoms with Crippen LogP contribution in [-0.2, 0) is 13.8 Å². The van der Waals surface area contributed by atoms with Crippen molar-refractivity contribution in [2.75, 3.05) is 13.2 Å². The van der Waals surface area contributed by atoms with Crippen LogP contribution < -0.4 is 5.32 Å². The fourth-order valence-corrected chi connectivity index (χ4v) is 3.90. The molecule has 0 aliphatic rings. The van der Waals surface area contributed by atoms with Crippen molar-refractivity contribution in [2.24, 2.45) is 0 Å². The van der Waals surface area contributed by atoms with E-state index in [9.17, 15) is 13.2 Å². The van der Waals surface area contributed by atoms with Gasteiger partial charge in [0, 0.05) is 28.9 Å². The first-order valence-electron chi connectivity index (χ1n) is 5.99. The van der Waals surface area contributed by atoms with Crippen molar-refractivity contribution in [1.82, 2.24) is 5.32 Å². The molecule has 0 aliphatic heterocycles. The van der Waals surface area contributed by atoms with Gasteiger partial charge in [-0.3, -0.25) is 4.79 Å². The molecule has 118 valence electrons. The summed E-state index contributed by atoms with van der Waals surface area (Å²) in [5.74, 6) is -0.460. The van der Waals surface area contributed by atoms with E-state index in [0.29, 0.717) is 13.2 Å². The number of hydrogen-bond donors (Lipinski definition) is 1. The summed E-state index contributed by atoms with van der Waals surface area (Å²) in [6, 6.07) is 2.30. The highest BCUT2D eigenvalue weighted by Gasteiger charge is 2.21. The summed E-state index contributed by atoms with van der Waals surface area (Å²) < 4.78 is 28.2. The summed E-state index contributed by atoms with van der Waals surface area (Å²) in [6.07, 6.45) is 0. The lowest BCUT2D eigenvalue weighted by molar-refractivity contribution is 0.0872. The van der Waals surface area contributed by atoms with Gasteiger partial charge in [-0.15, -0.1) is 0 Å². The molecule has 0 saturated heterocycles. The average molecular weight is 419 g/mol. The molecule has 1 aromatic carbocycles. The second-order valence-electron chi connectivity index (χ2n) is 4.24. The summed E-state index contributed by atoms with van der Waals surface area (Å²) in [7, 11) is 1.30. The van der Waals surface area contributed by atoms with Crippen LogP contribution >= 0.6 is 38.2 Å². The first-order chi connectivity index (χ1) is 9.66. The highest BCUT2D eigenvalue weighted by Crippen LogP contribution is 2.33. The summed E-state index contributed by atoms with van der Waals surface area (Å²) in [6.45, 7) is 4.51. The van der Waals surface area contributed by atoms with Gasteiger partial charge in [0.15, 0.2) is 0 Å². The van der Waals surface area contributed by atoms with Gasteiger partial charge in [0.25, 0.3) is 15.0 Å². The van der Waals surface area contributed by atoms with E-state index in [1.807, 2.05) is 6.92 Å². The smallest absolute Gasteiger partial charge is 0.262 e. The van der Waals surface area contributed by atoms with Crippen molar-refractivity contribution in [2.45, 2.75) is 24.8 Å². The molecule has 0 spiro atoms. The van der Waals surface area contributed by atoms with Crippen LogP contribution in [0.15, 0.2) is 21.5 Å². The minimum absolute atomic E-state index is 0.0827. The first-order valence-corrected chi connectivity index (χ1v) is 9.47. The Morgan fingerprint density at radius 3 is 2.62 bits per heavy atom. The molecule has 1 aromatic rings. The molecule has 0 bridgehead atoms. The van der Waals surface area contributed by atoms with Crippen LogP contribution in [0, 0.1) is 0 Å². The molecular weight excluding hydrogens is 405 g/mol. The van der Waals surface area contributed by atoms with Gasteiger partial charge in [-0.1, -0.05) is 11.6 Å². The van der Waals surface area contributed by atoms with Crippen molar-refractivity contribution in [3.8, 4) is 0 Å². The lowest BCUT2D eigenvalue weighted by atomic mass is 10.2. The number of carbonyl (C=O) groups excluding carboxylic acids is 1. The molecule has 1 unspecified atom stereocenters. The Morgan fingerprint density at radius 2 is 2.10 bits per heavy atom. The van der Waals surface area contributed by atoms with Gasteiger partial charge in [0.2, 0.25) is 0 Å². The highest BCUT2D eigenvalue weighted by molar-refractivity contribution is 9.10. The molecule has 0 aliphatic carbocycles. The fraction of sp³-hybridized carbons (Fsp3) is 0.417. The van der Waals surface area contributed by atoms with Gasteiger partial charge in [-0.25, -0.2) is 8.42 Å². The number of ether oxygens (including phenoxy) is 1. The average Bonchev–Trinajstić information content (AvgIpc) is 2.37. The molecule has 1 N–H and O–H groups in total. The third-order valence-corrected chi connectivity index (χ3v) is 5.46. The summed E-state index contributed by atoms with van der Waals surface area (Å²) >= 11 is 8.95. The Balaban J connectivity index is 3.04. The maximum atomic E-state index is 12.1. The number of hydrogen-bond acceptors (Lipinski definition) is 4. The van der Waals surface area contributed by atoms with Gasteiger partial charge < -0.3 is 10.1 Å². The summed E-state index contributed by atoms with van der Waals surface area (Å²) in [4.78, 5) is 11.8. The van der Waals surface area contributed by atoms with E-state index in [-0.39, 0.29) is 26.0 Å². The van der Waals surface area contributed by atoms with Crippen LogP contribution in [0.3, 0.4) is 0 Å². The van der Waals surface area contributed by atoms with E-state index in [2.05, 4.69) is 21.2 Å². The third kappa shape index (κ3) is 5.41. The van der Waals surface area contributed by atoms with Crippen molar-refractivity contribution >= 4 is 53.2 Å². The molecule has 0 heterocycles. The molecule has 9 heteroatoms. The van der Waals surface area contributed by atoms with E-state index < -0.39 is 15.0 Å². The molecule has 0 radical (unpaired) electrons. The molecule has 1 atom stereocenters. The SMILES string of the molecule is CCOCC(C)NC(=O)c1cc(Cl)c(Br)c(S(=O)(=O)Cl)c1. The van der Waals surface area contributed by atoms with Gasteiger partial charge >= 0.3 is 0 Å². The summed E-state index contributed by atoms with van der Waals surface area (Å²) in [5, 5.41) is 2.76. The van der Waals surface area contributed by atoms with E-state index in [4.69, 9.17) is 27.0 Å². The van der Waals surface area contributed by atoms with Crippen LogP contribution in [0.1, 0.15) is 24.2 Å². The van der Waals surface area contributed by atoms with E-state index in [1.165, 1.54) is 12.1 Å². The Morgan fingerprint density at radius 1 is 1.48 bits per heavy atom. The molecule has 1 amide bonds. The van der Waals surface area contributed by atoms with Crippen LogP contribution in [0.2, 0.25) is 5.02 Å². The van der Waals surface area contributed by atoms with E-state index >= 15 is 0 Å². The van der Waals surface area contributed by atoms with Crippen LogP contribution in [0.25, 0.3) is 0 Å². The van der Waals surface area contributed by atoms with Gasteiger partial charge in [0.1, 0.15) is 0 Å². The van der Waals surface area contributed by atoms with Crippen LogP contribution in [-0.4, -0.2) is 33.6 Å². The predicted octanol–water partition coefficient (Wildman–Crippen LogP) is 3.18. The monoisotopic (exact) mass is 417 g/mol. The Labute approximate surface area is 141 Å². The molecule has 5 nitrogen and oxygen atoms in total. The molecule has 0 aromatic heterocycles. The lowest BCUT2D eigenvalue weighted by Crippen LogP contribution is -2.36. The normalized spacial score (nSPS) is 13.0. The van der Waals surface area contributed by atoms with Gasteiger partial charge in [-0.2, -0.15) is 0 Å². The lowest BCUT2D eigenvalue weighted by Gasteiger charge is -2.14. The first kappa shape index (κ1) is 18.7. The number of carbonyl (C=O) groups is 1. The van der Waals surface area contributed by atoms with Crippen molar-refractivity contribution in [3.63, 3.8) is 0 Å². The quantitative estimate of drug-likeness (QED) is 0.720. The van der Waals surface area contributed by atoms with Crippen molar-refractivity contribution < 1.29 is 17.9 Å². The standard InChI is InChI=1S/C12H14BrCl2NO4S/c1-3-20-6-7(2)16-12(17)8-4-9(14)11(13)10(5-8)21(15,18)19/h4-5,7H,3,6H2,1-2H3,(H,16,17). The van der Waals surface area contributed by atoms with Crippen LogP contribution in [0.4, 0.5) is 0 Å². The summed E-state index contributed by atoms with van der Waals surface area (Å²) in [5.41, 5.74) is 0.103. The molecular formula is C12H14BrCl2NO4S. The zero-order chi connectivity index (χ0) is 16.2. The number of nitrogens with one attached hydrogen (secondary N) is 1. The number of halogens is 3. The number of benzene rings is 1. The second kappa shape index (κ2) is 7.78. The molecule has 1 rings (SSSR count). The topological polar surface area (TPSA) is 72.5 Å². The minimum Gasteiger partial charge on any atom is -0.380 e. The molecule has 21 heavy (non-hydrogen) atoms. The Bertz CT molecular complexity index is 636. The number of amides is 1. The van der Waals surface area contributed by atoms with Crippen LogP contribution in [0.5, 0.6) is 0 Å². The van der Waals surface area contributed by atoms with E-state index in [1.54, 1.807) is 6.92 Å². The van der Waals surface area contributed by atoms with Crippen molar-refractivity contribution in [3.05, 3.63) is 27.2 Å². The Kier molecular flexibility index (Phi) is 6.93. The largest absolute Gasteiger partial charge is 0.380 e. The maximum Gasteiger partial charge on any atom is 0.262 e. The van der Waals surface area contributed by atoms with Gasteiger partial charge in [-0.05, 0) is 41.9 Å². The zero-order valence-corrected chi connectivity index (χ0v) is 15.2. The predicted molar refractivity (Wildman–Crippen MR) is 85.6 cm³/mol. The minimum atomic E-state index is -4.02.